The van der Waals surface area contributed by atoms with Gasteiger partial charge in [-0.25, -0.2) is 0 Å². The Labute approximate surface area is 242 Å². The maximum atomic E-state index is 15.0. The normalized spacial score (nSPS) is 31.5. The molecular weight excluding hydrogens is 500 g/mol. The second-order valence-corrected chi connectivity index (χ2v) is 13.8. The molecule has 0 heterocycles. The van der Waals surface area contributed by atoms with Gasteiger partial charge in [0.15, 0.2) is 34.1 Å². The molecule has 0 amide bonds. The van der Waals surface area contributed by atoms with Crippen molar-refractivity contribution in [2.45, 2.75) is 120 Å². The molecule has 2 bridgehead atoms. The lowest BCUT2D eigenvalue weighted by Crippen LogP contribution is -2.79. The summed E-state index contributed by atoms with van der Waals surface area (Å²) in [6.07, 6.45) is 9.24. The van der Waals surface area contributed by atoms with Crippen LogP contribution >= 0.6 is 0 Å². The molecule has 2 aliphatic carbocycles. The summed E-state index contributed by atoms with van der Waals surface area (Å²) < 4.78 is 0. The van der Waals surface area contributed by atoms with Crippen LogP contribution in [0.4, 0.5) is 0 Å². The molecule has 0 saturated heterocycles. The Kier molecular flexibility index (Phi) is 10.3. The summed E-state index contributed by atoms with van der Waals surface area (Å²) in [4.78, 5) is 58.9. The zero-order chi connectivity index (χ0) is 30.8. The van der Waals surface area contributed by atoms with Gasteiger partial charge in [-0.15, -0.1) is 0 Å². The predicted molar refractivity (Wildman–Crippen MR) is 162 cm³/mol. The molecule has 0 aromatic rings. The second kappa shape index (κ2) is 12.2. The molecule has 0 aromatic heterocycles. The van der Waals surface area contributed by atoms with Crippen LogP contribution in [0.1, 0.15) is 115 Å². The minimum Gasteiger partial charge on any atom is -0.374 e. The maximum Gasteiger partial charge on any atom is 0.193 e. The first kappa shape index (κ1) is 33.8. The first-order valence-corrected chi connectivity index (χ1v) is 14.8. The van der Waals surface area contributed by atoms with Crippen molar-refractivity contribution in [1.82, 2.24) is 0 Å². The molecule has 5 heteroatoms. The smallest absolute Gasteiger partial charge is 0.193 e. The van der Waals surface area contributed by atoms with E-state index in [2.05, 4.69) is 12.2 Å². The summed E-state index contributed by atoms with van der Waals surface area (Å²) in [5.41, 5.74) is -3.35. The molecule has 222 valence electrons. The van der Waals surface area contributed by atoms with Crippen LogP contribution in [-0.4, -0.2) is 33.8 Å². The maximum absolute atomic E-state index is 15.0. The van der Waals surface area contributed by atoms with Crippen LogP contribution in [0.5, 0.6) is 0 Å². The molecule has 0 unspecified atom stereocenters. The van der Waals surface area contributed by atoms with Crippen molar-refractivity contribution in [1.29, 1.82) is 0 Å². The van der Waals surface area contributed by atoms with Gasteiger partial charge in [0.25, 0.3) is 0 Å². The number of fused-ring (bicyclic) bond motifs is 2. The monoisotopic (exact) mass is 552 g/mol. The lowest BCUT2D eigenvalue weighted by molar-refractivity contribution is -0.202. The van der Waals surface area contributed by atoms with Gasteiger partial charge in [-0.2, -0.15) is 0 Å². The fourth-order valence-electron chi connectivity index (χ4n) is 6.93. The van der Waals surface area contributed by atoms with Crippen molar-refractivity contribution in [3.8, 4) is 0 Å². The second-order valence-electron chi connectivity index (χ2n) is 13.8. The molecule has 0 radical (unpaired) electrons. The van der Waals surface area contributed by atoms with Crippen LogP contribution < -0.4 is 0 Å². The number of ketones is 4. The Morgan fingerprint density at radius 2 is 1.30 bits per heavy atom. The van der Waals surface area contributed by atoms with Gasteiger partial charge >= 0.3 is 0 Å². The van der Waals surface area contributed by atoms with Crippen molar-refractivity contribution in [2.75, 3.05) is 0 Å². The van der Waals surface area contributed by atoms with Crippen molar-refractivity contribution >= 4 is 23.1 Å². The van der Waals surface area contributed by atoms with Gasteiger partial charge in [-0.05, 0) is 98.8 Å². The molecule has 1 N–H and O–H groups in total. The largest absolute Gasteiger partial charge is 0.374 e. The lowest BCUT2D eigenvalue weighted by Gasteiger charge is -2.63. The fraction of sp³-hybridized carbons (Fsp3) is 0.657. The van der Waals surface area contributed by atoms with Gasteiger partial charge in [-0.1, -0.05) is 67.4 Å². The lowest BCUT2D eigenvalue weighted by atomic mass is 9.35. The molecule has 5 atom stereocenters. The molecule has 5 nitrogen and oxygen atoms in total. The summed E-state index contributed by atoms with van der Waals surface area (Å²) in [7, 11) is 0. The fourth-order valence-corrected chi connectivity index (χ4v) is 6.93. The van der Waals surface area contributed by atoms with Crippen LogP contribution in [0.2, 0.25) is 0 Å². The number of carbonyl (C=O) groups is 4. The zero-order valence-corrected chi connectivity index (χ0v) is 26.8. The van der Waals surface area contributed by atoms with E-state index in [1.165, 1.54) is 0 Å². The minimum atomic E-state index is -2.45. The Morgan fingerprint density at radius 1 is 0.800 bits per heavy atom. The Hall–Kier alpha value is -2.40. The van der Waals surface area contributed by atoms with Gasteiger partial charge in [0.1, 0.15) is 0 Å². The van der Waals surface area contributed by atoms with Crippen LogP contribution in [0.25, 0.3) is 0 Å². The number of Topliss-reactive ketones (excluding diaryl/α,β-unsaturated/α-hetero) is 4. The van der Waals surface area contributed by atoms with E-state index < -0.39 is 50.9 Å². The van der Waals surface area contributed by atoms with Gasteiger partial charge in [0.2, 0.25) is 0 Å². The number of aliphatic hydroxyl groups is 1. The van der Waals surface area contributed by atoms with E-state index in [1.54, 1.807) is 19.9 Å². The van der Waals surface area contributed by atoms with E-state index in [0.29, 0.717) is 19.3 Å². The molecule has 2 rings (SSSR count). The molecule has 2 saturated carbocycles. The number of hydrogen-bond donors (Lipinski definition) is 1. The molecule has 40 heavy (non-hydrogen) atoms. The highest BCUT2D eigenvalue weighted by Gasteiger charge is 2.81. The minimum absolute atomic E-state index is 0.0694. The van der Waals surface area contributed by atoms with E-state index >= 15 is 4.79 Å². The van der Waals surface area contributed by atoms with E-state index in [1.807, 2.05) is 68.4 Å². The van der Waals surface area contributed by atoms with Crippen molar-refractivity contribution in [2.24, 2.45) is 28.1 Å². The Morgan fingerprint density at radius 3 is 1.77 bits per heavy atom. The SMILES string of the molecule is CC(C)=CCC[C@]1(C)[C@@H](CC=C(C)C)C[C@]2(CC=C(C)C)C(=O)[C@@](O)(CC=C(C)C)C(=O)[C@@]1(C(=O)C(C)C)C2=O. The average molecular weight is 553 g/mol. The number of hydrogen-bond acceptors (Lipinski definition) is 5. The first-order chi connectivity index (χ1) is 18.3. The third kappa shape index (κ3) is 5.55. The van der Waals surface area contributed by atoms with E-state index in [0.717, 1.165) is 22.3 Å². The van der Waals surface area contributed by atoms with Gasteiger partial charge in [-0.3, -0.25) is 19.2 Å². The number of rotatable bonds is 11. The predicted octanol–water partition coefficient (Wildman–Crippen LogP) is 7.48. The van der Waals surface area contributed by atoms with Crippen molar-refractivity contribution in [3.63, 3.8) is 0 Å². The number of carbonyl (C=O) groups excluding carboxylic acids is 4. The zero-order valence-electron chi connectivity index (χ0n) is 26.8. The molecular formula is C35H52O5. The standard InChI is InChI=1S/C35H52O5/c1-22(2)13-12-18-32(11)27(15-14-23(3)4)21-33(19-16-24(5)6)29(37)34(40,20-17-25(7)8)31(39)35(32,30(33)38)28(36)26(9)10/h13-14,16-17,26-27,40H,12,15,18-21H2,1-11H3/t27-,32+,33+,34-,35+/m0/s1. The van der Waals surface area contributed by atoms with Crippen molar-refractivity contribution in [3.05, 3.63) is 46.6 Å². The first-order valence-electron chi connectivity index (χ1n) is 14.8. The van der Waals surface area contributed by atoms with Gasteiger partial charge < -0.3 is 5.11 Å². The molecule has 2 fully saturated rings. The highest BCUT2D eigenvalue weighted by atomic mass is 16.3. The average Bonchev–Trinajstić information content (AvgIpc) is 2.84. The molecule has 0 aromatic carbocycles. The summed E-state index contributed by atoms with van der Waals surface area (Å²) in [6, 6.07) is 0. The van der Waals surface area contributed by atoms with E-state index in [9.17, 15) is 19.5 Å². The number of allylic oxidation sites excluding steroid dienone is 7. The quantitative estimate of drug-likeness (QED) is 0.212. The molecule has 2 aliphatic rings. The van der Waals surface area contributed by atoms with Crippen LogP contribution in [0.15, 0.2) is 46.6 Å². The molecule has 0 spiro atoms. The van der Waals surface area contributed by atoms with E-state index in [-0.39, 0.29) is 25.2 Å². The Bertz CT molecular complexity index is 1150. The summed E-state index contributed by atoms with van der Waals surface area (Å²) in [6.45, 7) is 20.8. The molecule has 0 aliphatic heterocycles. The van der Waals surface area contributed by atoms with Crippen molar-refractivity contribution < 1.29 is 24.3 Å². The van der Waals surface area contributed by atoms with Gasteiger partial charge in [0, 0.05) is 12.3 Å². The summed E-state index contributed by atoms with van der Waals surface area (Å²) >= 11 is 0. The highest BCUT2D eigenvalue weighted by molar-refractivity contribution is 6.41. The van der Waals surface area contributed by atoms with Crippen LogP contribution in [-0.2, 0) is 19.2 Å². The summed E-state index contributed by atoms with van der Waals surface area (Å²) in [5.74, 6) is -3.67. The van der Waals surface area contributed by atoms with Gasteiger partial charge in [0.05, 0.1) is 5.41 Å². The van der Waals surface area contributed by atoms with E-state index in [4.69, 9.17) is 0 Å². The third-order valence-corrected chi connectivity index (χ3v) is 9.24. The van der Waals surface area contributed by atoms with Crippen LogP contribution in [0.3, 0.4) is 0 Å². The Balaban J connectivity index is 3.12. The third-order valence-electron chi connectivity index (χ3n) is 9.24. The summed E-state index contributed by atoms with van der Waals surface area (Å²) in [5, 5.41) is 12.2. The highest BCUT2D eigenvalue weighted by Crippen LogP contribution is 2.67. The van der Waals surface area contributed by atoms with Crippen LogP contribution in [0, 0.1) is 28.1 Å². The topological polar surface area (TPSA) is 88.5 Å².